The van der Waals surface area contributed by atoms with Gasteiger partial charge in [0.2, 0.25) is 0 Å². The van der Waals surface area contributed by atoms with E-state index in [0.29, 0.717) is 53.0 Å². The summed E-state index contributed by atoms with van der Waals surface area (Å²) in [5.41, 5.74) is 4.13. The van der Waals surface area contributed by atoms with Crippen molar-refractivity contribution in [2.45, 2.75) is 52.9 Å². The first kappa shape index (κ1) is 22.5. The minimum atomic E-state index is -0.578. The van der Waals surface area contributed by atoms with E-state index in [1.165, 1.54) is 10.6 Å². The van der Waals surface area contributed by atoms with Gasteiger partial charge in [0.05, 0.1) is 0 Å². The van der Waals surface area contributed by atoms with Crippen molar-refractivity contribution in [2.75, 3.05) is 5.32 Å². The maximum absolute atomic E-state index is 13.5. The van der Waals surface area contributed by atoms with Crippen LogP contribution < -0.4 is 10.9 Å². The van der Waals surface area contributed by atoms with E-state index in [-0.39, 0.29) is 23.0 Å². The van der Waals surface area contributed by atoms with Crippen LogP contribution in [0.3, 0.4) is 0 Å². The van der Waals surface area contributed by atoms with Gasteiger partial charge in [-0.1, -0.05) is 31.5 Å². The quantitative estimate of drug-likeness (QED) is 0.551. The number of carbonyl (C=O) groups is 2. The van der Waals surface area contributed by atoms with Crippen LogP contribution in [0.4, 0.5) is 5.69 Å². The molecule has 33 heavy (non-hydrogen) atoms. The molecule has 1 amide bonds. The summed E-state index contributed by atoms with van der Waals surface area (Å²) in [5, 5.41) is 13.0. The Morgan fingerprint density at radius 2 is 1.73 bits per heavy atom. The van der Waals surface area contributed by atoms with E-state index in [4.69, 9.17) is 0 Å². The van der Waals surface area contributed by atoms with Crippen molar-refractivity contribution >= 4 is 17.4 Å². The Balaban J connectivity index is 1.84. The molecule has 0 radical (unpaired) electrons. The van der Waals surface area contributed by atoms with Crippen LogP contribution in [0, 0.1) is 13.8 Å². The van der Waals surface area contributed by atoms with Crippen molar-refractivity contribution in [1.29, 1.82) is 0 Å². The van der Waals surface area contributed by atoms with E-state index in [1.807, 2.05) is 45.0 Å². The summed E-state index contributed by atoms with van der Waals surface area (Å²) >= 11 is 0. The molecule has 0 unspecified atom stereocenters. The van der Waals surface area contributed by atoms with Gasteiger partial charge in [-0.05, 0) is 74.1 Å². The second kappa shape index (κ2) is 8.70. The number of hydrogen-bond acceptors (Lipinski definition) is 4. The summed E-state index contributed by atoms with van der Waals surface area (Å²) in [6, 6.07) is 12.2. The molecule has 0 bridgehead atoms. The fourth-order valence-corrected chi connectivity index (χ4v) is 4.32. The Morgan fingerprint density at radius 1 is 1.03 bits per heavy atom. The van der Waals surface area contributed by atoms with Gasteiger partial charge in [0.25, 0.3) is 11.5 Å². The number of nitrogens with zero attached hydrogens (tertiary/aromatic N) is 1. The van der Waals surface area contributed by atoms with Crippen LogP contribution in [0.25, 0.3) is 5.69 Å². The smallest absolute Gasteiger partial charge is 0.268 e. The van der Waals surface area contributed by atoms with Gasteiger partial charge in [-0.15, -0.1) is 0 Å². The molecule has 6 heteroatoms. The van der Waals surface area contributed by atoms with E-state index in [1.54, 1.807) is 19.1 Å². The Labute approximate surface area is 192 Å². The van der Waals surface area contributed by atoms with Crippen LogP contribution in [-0.2, 0) is 6.42 Å². The molecular weight excluding hydrogens is 416 g/mol. The van der Waals surface area contributed by atoms with Crippen LogP contribution in [-0.4, -0.2) is 21.4 Å². The predicted octanol–water partition coefficient (Wildman–Crippen LogP) is 5.05. The lowest BCUT2D eigenvalue weighted by atomic mass is 9.92. The Kier molecular flexibility index (Phi) is 5.93. The highest BCUT2D eigenvalue weighted by Crippen LogP contribution is 2.31. The van der Waals surface area contributed by atoms with E-state index in [2.05, 4.69) is 5.32 Å². The molecule has 3 aromatic rings. The second-order valence-corrected chi connectivity index (χ2v) is 9.01. The number of fused-ring (bicyclic) bond motifs is 1. The van der Waals surface area contributed by atoms with Crippen molar-refractivity contribution in [1.82, 2.24) is 4.57 Å². The van der Waals surface area contributed by atoms with Crippen molar-refractivity contribution in [3.8, 4) is 11.4 Å². The minimum absolute atomic E-state index is 0.0568. The van der Waals surface area contributed by atoms with Gasteiger partial charge < -0.3 is 10.4 Å². The van der Waals surface area contributed by atoms with E-state index >= 15 is 0 Å². The maximum Gasteiger partial charge on any atom is 0.268 e. The number of phenolic OH excluding ortho intramolecular Hbond substituents is 1. The highest BCUT2D eigenvalue weighted by Gasteiger charge is 2.26. The van der Waals surface area contributed by atoms with Crippen LogP contribution in [0.5, 0.6) is 5.75 Å². The van der Waals surface area contributed by atoms with Gasteiger partial charge in [0, 0.05) is 29.1 Å². The largest absolute Gasteiger partial charge is 0.508 e. The number of pyridine rings is 1. The molecule has 0 atom stereocenters. The topological polar surface area (TPSA) is 88.4 Å². The molecule has 0 saturated carbocycles. The third-order valence-corrected chi connectivity index (χ3v) is 6.20. The van der Waals surface area contributed by atoms with E-state index < -0.39 is 11.5 Å². The standard InChI is InChI=1S/C27H28N2O4/c1-15(2)19-14-22(17(4)12-25(19)31)28-26(32)21-13-20-23(6-5-7-24(20)30)29(27(21)33)18-10-8-16(3)9-11-18/h8-15,31H,5-7H2,1-4H3,(H,28,32). The number of rotatable bonds is 4. The van der Waals surface area contributed by atoms with Gasteiger partial charge in [0.15, 0.2) is 5.78 Å². The van der Waals surface area contributed by atoms with Crippen LogP contribution in [0.1, 0.15) is 75.7 Å². The minimum Gasteiger partial charge on any atom is -0.508 e. The van der Waals surface area contributed by atoms with Crippen LogP contribution in [0.2, 0.25) is 0 Å². The molecule has 170 valence electrons. The summed E-state index contributed by atoms with van der Waals surface area (Å²) in [5.74, 6) is -0.414. The van der Waals surface area contributed by atoms with Gasteiger partial charge in [0.1, 0.15) is 11.3 Å². The lowest BCUT2D eigenvalue weighted by Gasteiger charge is -2.22. The zero-order chi connectivity index (χ0) is 23.9. The Bertz CT molecular complexity index is 1320. The first-order valence-electron chi connectivity index (χ1n) is 11.2. The summed E-state index contributed by atoms with van der Waals surface area (Å²) < 4.78 is 1.50. The zero-order valence-corrected chi connectivity index (χ0v) is 19.4. The third-order valence-electron chi connectivity index (χ3n) is 6.20. The number of aromatic hydroxyl groups is 1. The van der Waals surface area contributed by atoms with Crippen LogP contribution >= 0.6 is 0 Å². The number of aryl methyl sites for hydroxylation is 2. The molecule has 2 aromatic carbocycles. The van der Waals surface area contributed by atoms with Gasteiger partial charge >= 0.3 is 0 Å². The molecule has 2 N–H and O–H groups in total. The maximum atomic E-state index is 13.5. The van der Waals surface area contributed by atoms with E-state index in [0.717, 1.165) is 5.56 Å². The summed E-state index contributed by atoms with van der Waals surface area (Å²) in [6.45, 7) is 7.64. The van der Waals surface area contributed by atoms with Crippen molar-refractivity contribution in [3.05, 3.63) is 86.3 Å². The molecule has 0 spiro atoms. The molecule has 1 aromatic heterocycles. The zero-order valence-electron chi connectivity index (χ0n) is 19.4. The van der Waals surface area contributed by atoms with Crippen molar-refractivity contribution < 1.29 is 14.7 Å². The number of aromatic nitrogens is 1. The molecule has 1 aliphatic rings. The number of ketones is 1. The highest BCUT2D eigenvalue weighted by atomic mass is 16.3. The molecule has 1 heterocycles. The summed E-state index contributed by atoms with van der Waals surface area (Å²) in [7, 11) is 0. The number of carbonyl (C=O) groups excluding carboxylic acids is 2. The summed E-state index contributed by atoms with van der Waals surface area (Å²) in [6.07, 6.45) is 1.67. The normalized spacial score (nSPS) is 13.2. The fraction of sp³-hybridized carbons (Fsp3) is 0.296. The predicted molar refractivity (Wildman–Crippen MR) is 129 cm³/mol. The average Bonchev–Trinajstić information content (AvgIpc) is 2.76. The van der Waals surface area contributed by atoms with E-state index in [9.17, 15) is 19.5 Å². The lowest BCUT2D eigenvalue weighted by molar-refractivity contribution is 0.0971. The van der Waals surface area contributed by atoms with Crippen molar-refractivity contribution in [2.24, 2.45) is 0 Å². The molecular formula is C27H28N2O4. The number of nitrogens with one attached hydrogen (secondary N) is 1. The van der Waals surface area contributed by atoms with Crippen molar-refractivity contribution in [3.63, 3.8) is 0 Å². The first-order chi connectivity index (χ1) is 15.7. The summed E-state index contributed by atoms with van der Waals surface area (Å²) in [4.78, 5) is 39.5. The number of anilines is 1. The van der Waals surface area contributed by atoms with Gasteiger partial charge in [-0.3, -0.25) is 19.0 Å². The molecule has 1 aliphatic carbocycles. The lowest BCUT2D eigenvalue weighted by Crippen LogP contribution is -2.33. The molecule has 0 saturated heterocycles. The SMILES string of the molecule is Cc1ccc(-n2c3c(cc(C(=O)Nc4cc(C(C)C)c(O)cc4C)c2=O)C(=O)CCC3)cc1. The average molecular weight is 445 g/mol. The Hall–Kier alpha value is -3.67. The highest BCUT2D eigenvalue weighted by molar-refractivity contribution is 6.07. The number of benzene rings is 2. The second-order valence-electron chi connectivity index (χ2n) is 9.01. The first-order valence-corrected chi connectivity index (χ1v) is 11.2. The Morgan fingerprint density at radius 3 is 2.39 bits per heavy atom. The van der Waals surface area contributed by atoms with Gasteiger partial charge in [-0.2, -0.15) is 0 Å². The number of Topliss-reactive ketones (excluding diaryl/α,β-unsaturated/α-hetero) is 1. The monoisotopic (exact) mass is 444 g/mol. The molecule has 0 aliphatic heterocycles. The number of phenols is 1. The molecule has 6 nitrogen and oxygen atoms in total. The molecule has 4 rings (SSSR count). The molecule has 0 fully saturated rings. The third kappa shape index (κ3) is 4.21. The number of hydrogen-bond donors (Lipinski definition) is 2. The number of amides is 1. The fourth-order valence-electron chi connectivity index (χ4n) is 4.32. The van der Waals surface area contributed by atoms with Gasteiger partial charge in [-0.25, -0.2) is 0 Å². The van der Waals surface area contributed by atoms with Crippen LogP contribution in [0.15, 0.2) is 47.3 Å².